The fourth-order valence-corrected chi connectivity index (χ4v) is 2.63. The number of amides is 1. The minimum absolute atomic E-state index is 0.0676. The molecule has 3 atom stereocenters. The largest absolute Gasteiger partial charge is 0.368 e. The van der Waals surface area contributed by atoms with E-state index in [-0.39, 0.29) is 12.0 Å². The van der Waals surface area contributed by atoms with E-state index < -0.39 is 0 Å². The van der Waals surface area contributed by atoms with Gasteiger partial charge < -0.3 is 10.1 Å². The van der Waals surface area contributed by atoms with Crippen LogP contribution in [0.15, 0.2) is 0 Å². The summed E-state index contributed by atoms with van der Waals surface area (Å²) in [7, 11) is 0. The minimum atomic E-state index is -0.221. The van der Waals surface area contributed by atoms with Crippen LogP contribution in [0.2, 0.25) is 0 Å². The van der Waals surface area contributed by atoms with Gasteiger partial charge in [-0.2, -0.15) is 0 Å². The summed E-state index contributed by atoms with van der Waals surface area (Å²) in [5.41, 5.74) is 0. The van der Waals surface area contributed by atoms with Gasteiger partial charge in [0.15, 0.2) is 0 Å². The Kier molecular flexibility index (Phi) is 6.36. The zero-order chi connectivity index (χ0) is 12.0. The molecule has 0 aromatic rings. The summed E-state index contributed by atoms with van der Waals surface area (Å²) in [4.78, 5) is 11.8. The molecular formula is C12H22BrNO2. The van der Waals surface area contributed by atoms with Crippen molar-refractivity contribution in [2.75, 3.05) is 18.5 Å². The molecule has 1 heterocycles. The molecule has 1 N–H and O–H groups in total. The van der Waals surface area contributed by atoms with Crippen molar-refractivity contribution < 1.29 is 9.53 Å². The van der Waals surface area contributed by atoms with Crippen LogP contribution in [-0.2, 0) is 9.53 Å². The maximum absolute atomic E-state index is 11.8. The summed E-state index contributed by atoms with van der Waals surface area (Å²) in [5.74, 6) is 0.995. The van der Waals surface area contributed by atoms with Crippen molar-refractivity contribution in [2.45, 2.75) is 39.2 Å². The van der Waals surface area contributed by atoms with Gasteiger partial charge in [0.2, 0.25) is 5.91 Å². The van der Waals surface area contributed by atoms with Crippen LogP contribution in [0, 0.1) is 11.8 Å². The number of ether oxygens (including phenoxy) is 1. The van der Waals surface area contributed by atoms with E-state index in [2.05, 4.69) is 35.1 Å². The van der Waals surface area contributed by atoms with E-state index >= 15 is 0 Å². The fourth-order valence-electron chi connectivity index (χ4n) is 1.98. The van der Waals surface area contributed by atoms with Crippen LogP contribution in [0.1, 0.15) is 33.1 Å². The monoisotopic (exact) mass is 291 g/mol. The van der Waals surface area contributed by atoms with Gasteiger partial charge in [0.1, 0.15) is 6.10 Å². The summed E-state index contributed by atoms with van der Waals surface area (Å²) in [6, 6.07) is 0. The van der Waals surface area contributed by atoms with Crippen molar-refractivity contribution in [1.82, 2.24) is 5.32 Å². The van der Waals surface area contributed by atoms with Gasteiger partial charge in [-0.3, -0.25) is 4.79 Å². The minimum Gasteiger partial charge on any atom is -0.368 e. The summed E-state index contributed by atoms with van der Waals surface area (Å²) < 4.78 is 5.43. The molecule has 0 radical (unpaired) electrons. The molecule has 0 aromatic heterocycles. The first-order valence-electron chi connectivity index (χ1n) is 6.14. The highest BCUT2D eigenvalue weighted by molar-refractivity contribution is 9.09. The van der Waals surface area contributed by atoms with Gasteiger partial charge in [0.05, 0.1) is 0 Å². The van der Waals surface area contributed by atoms with Crippen LogP contribution >= 0.6 is 15.9 Å². The SMILES string of the molecule is CCC(CCBr)CNC(=O)C1OCCC1C. The third-order valence-corrected chi connectivity index (χ3v) is 3.76. The second-order valence-electron chi connectivity index (χ2n) is 4.55. The van der Waals surface area contributed by atoms with Crippen LogP contribution in [0.3, 0.4) is 0 Å². The fraction of sp³-hybridized carbons (Fsp3) is 0.917. The average Bonchev–Trinajstić information content (AvgIpc) is 2.70. The lowest BCUT2D eigenvalue weighted by molar-refractivity contribution is -0.131. The molecule has 0 bridgehead atoms. The van der Waals surface area contributed by atoms with Gasteiger partial charge in [-0.25, -0.2) is 0 Å². The van der Waals surface area contributed by atoms with E-state index in [9.17, 15) is 4.79 Å². The number of alkyl halides is 1. The Bertz CT molecular complexity index is 223. The van der Waals surface area contributed by atoms with Gasteiger partial charge in [-0.05, 0) is 24.7 Å². The molecule has 1 rings (SSSR count). The number of hydrogen-bond donors (Lipinski definition) is 1. The smallest absolute Gasteiger partial charge is 0.249 e. The average molecular weight is 292 g/mol. The predicted octanol–water partition coefficient (Wildman–Crippen LogP) is 2.34. The number of nitrogens with one attached hydrogen (secondary N) is 1. The number of carbonyl (C=O) groups excluding carboxylic acids is 1. The molecule has 16 heavy (non-hydrogen) atoms. The highest BCUT2D eigenvalue weighted by atomic mass is 79.9. The molecule has 0 aliphatic carbocycles. The molecule has 1 aliphatic rings. The molecule has 1 aliphatic heterocycles. The molecular weight excluding hydrogens is 270 g/mol. The third-order valence-electron chi connectivity index (χ3n) is 3.31. The van der Waals surface area contributed by atoms with Gasteiger partial charge in [0.25, 0.3) is 0 Å². The first-order valence-corrected chi connectivity index (χ1v) is 7.26. The van der Waals surface area contributed by atoms with Crippen molar-refractivity contribution in [3.63, 3.8) is 0 Å². The molecule has 0 spiro atoms. The maximum Gasteiger partial charge on any atom is 0.249 e. The molecule has 0 saturated carbocycles. The Morgan fingerprint density at radius 2 is 2.38 bits per heavy atom. The highest BCUT2D eigenvalue weighted by Gasteiger charge is 2.30. The lowest BCUT2D eigenvalue weighted by Gasteiger charge is -2.18. The van der Waals surface area contributed by atoms with Crippen molar-refractivity contribution >= 4 is 21.8 Å². The predicted molar refractivity (Wildman–Crippen MR) is 68.7 cm³/mol. The Morgan fingerprint density at radius 3 is 2.88 bits per heavy atom. The standard InChI is InChI=1S/C12H22BrNO2/c1-3-10(4-6-13)8-14-12(15)11-9(2)5-7-16-11/h9-11H,3-8H2,1-2H3,(H,14,15). The van der Waals surface area contributed by atoms with Gasteiger partial charge in [-0.1, -0.05) is 36.2 Å². The Hall–Kier alpha value is -0.0900. The second kappa shape index (κ2) is 7.28. The van der Waals surface area contributed by atoms with E-state index in [1.54, 1.807) is 0 Å². The van der Waals surface area contributed by atoms with Crippen molar-refractivity contribution in [3.05, 3.63) is 0 Å². The maximum atomic E-state index is 11.8. The first-order chi connectivity index (χ1) is 7.69. The van der Waals surface area contributed by atoms with Crippen LogP contribution in [0.25, 0.3) is 0 Å². The first kappa shape index (κ1) is 14.0. The molecule has 3 unspecified atom stereocenters. The summed E-state index contributed by atoms with van der Waals surface area (Å²) in [6.07, 6.45) is 2.99. The number of hydrogen-bond acceptors (Lipinski definition) is 2. The summed E-state index contributed by atoms with van der Waals surface area (Å²) in [5, 5.41) is 4.00. The zero-order valence-electron chi connectivity index (χ0n) is 10.2. The normalized spacial score (nSPS) is 26.7. The molecule has 94 valence electrons. The van der Waals surface area contributed by atoms with Crippen LogP contribution in [0.4, 0.5) is 0 Å². The topological polar surface area (TPSA) is 38.3 Å². The molecule has 1 fully saturated rings. The summed E-state index contributed by atoms with van der Waals surface area (Å²) in [6.45, 7) is 5.73. The Balaban J connectivity index is 2.28. The van der Waals surface area contributed by atoms with Gasteiger partial charge >= 0.3 is 0 Å². The highest BCUT2D eigenvalue weighted by Crippen LogP contribution is 2.20. The Labute approximate surface area is 106 Å². The molecule has 0 aromatic carbocycles. The lowest BCUT2D eigenvalue weighted by atomic mass is 10.0. The third kappa shape index (κ3) is 4.06. The van der Waals surface area contributed by atoms with Crippen LogP contribution in [0.5, 0.6) is 0 Å². The van der Waals surface area contributed by atoms with Gasteiger partial charge in [-0.15, -0.1) is 0 Å². The summed E-state index contributed by atoms with van der Waals surface area (Å²) >= 11 is 3.44. The molecule has 4 heteroatoms. The van der Waals surface area contributed by atoms with Crippen LogP contribution < -0.4 is 5.32 Å². The van der Waals surface area contributed by atoms with E-state index in [4.69, 9.17) is 4.74 Å². The second-order valence-corrected chi connectivity index (χ2v) is 5.35. The van der Waals surface area contributed by atoms with Crippen molar-refractivity contribution in [2.24, 2.45) is 11.8 Å². The van der Waals surface area contributed by atoms with Crippen molar-refractivity contribution in [3.8, 4) is 0 Å². The van der Waals surface area contributed by atoms with E-state index in [0.29, 0.717) is 11.8 Å². The molecule has 3 nitrogen and oxygen atoms in total. The van der Waals surface area contributed by atoms with Gasteiger partial charge in [0, 0.05) is 18.5 Å². The Morgan fingerprint density at radius 1 is 1.62 bits per heavy atom. The van der Waals surface area contributed by atoms with Crippen LogP contribution in [-0.4, -0.2) is 30.5 Å². The van der Waals surface area contributed by atoms with E-state index in [1.165, 1.54) is 0 Å². The quantitative estimate of drug-likeness (QED) is 0.763. The van der Waals surface area contributed by atoms with E-state index in [0.717, 1.165) is 37.7 Å². The molecule has 1 amide bonds. The lowest BCUT2D eigenvalue weighted by Crippen LogP contribution is -2.39. The zero-order valence-corrected chi connectivity index (χ0v) is 11.8. The molecule has 1 saturated heterocycles. The number of rotatable bonds is 6. The number of carbonyl (C=O) groups is 1. The van der Waals surface area contributed by atoms with E-state index in [1.807, 2.05) is 0 Å². The van der Waals surface area contributed by atoms with Crippen molar-refractivity contribution in [1.29, 1.82) is 0 Å². The number of halogens is 1.